The number of ether oxygens (including phenoxy) is 1. The number of carbonyl (C=O) groups excluding carboxylic acids is 1. The second-order valence-corrected chi connectivity index (χ2v) is 4.45. The predicted octanol–water partition coefficient (Wildman–Crippen LogP) is 1.63. The van der Waals surface area contributed by atoms with E-state index in [0.29, 0.717) is 6.54 Å². The minimum Gasteiger partial charge on any atom is -0.494 e. The summed E-state index contributed by atoms with van der Waals surface area (Å²) in [4.78, 5) is 11.7. The molecule has 1 amide bonds. The van der Waals surface area contributed by atoms with Gasteiger partial charge in [0, 0.05) is 13.1 Å². The van der Waals surface area contributed by atoms with Crippen LogP contribution in [0.2, 0.25) is 0 Å². The van der Waals surface area contributed by atoms with Crippen LogP contribution in [-0.2, 0) is 4.79 Å². The third-order valence-electron chi connectivity index (χ3n) is 3.01. The highest BCUT2D eigenvalue weighted by molar-refractivity contribution is 5.83. The lowest BCUT2D eigenvalue weighted by Crippen LogP contribution is -2.47. The summed E-state index contributed by atoms with van der Waals surface area (Å²) >= 11 is 0. The van der Waals surface area contributed by atoms with Crippen molar-refractivity contribution in [3.63, 3.8) is 0 Å². The predicted molar refractivity (Wildman–Crippen MR) is 70.6 cm³/mol. The fraction of sp³-hybridized carbons (Fsp3) is 0.500. The second kappa shape index (κ2) is 6.40. The Kier molecular flexibility index (Phi) is 4.59. The number of nitrogens with one attached hydrogen (secondary N) is 2. The van der Waals surface area contributed by atoms with Crippen molar-refractivity contribution in [3.8, 4) is 5.75 Å². The molecule has 0 radical (unpaired) electrons. The standard InChI is InChI=1S/C14H20N2O2/c1-2-3-10-18-12-6-4-11(5-7-12)13-14(17)16-9-8-15-13/h4-7,13,15H,2-3,8-10H2,1H3,(H,16,17). The Morgan fingerprint density at radius 2 is 2.06 bits per heavy atom. The molecule has 0 aliphatic carbocycles. The number of rotatable bonds is 5. The first-order valence-electron chi connectivity index (χ1n) is 6.55. The zero-order valence-electron chi connectivity index (χ0n) is 10.7. The summed E-state index contributed by atoms with van der Waals surface area (Å²) in [5.41, 5.74) is 0.982. The molecule has 1 heterocycles. The molecule has 1 unspecified atom stereocenters. The van der Waals surface area contributed by atoms with Gasteiger partial charge in [0.05, 0.1) is 6.61 Å². The van der Waals surface area contributed by atoms with Crippen molar-refractivity contribution in [2.45, 2.75) is 25.8 Å². The molecular weight excluding hydrogens is 228 g/mol. The molecule has 4 heteroatoms. The van der Waals surface area contributed by atoms with E-state index in [1.165, 1.54) is 0 Å². The fourth-order valence-electron chi connectivity index (χ4n) is 1.96. The summed E-state index contributed by atoms with van der Waals surface area (Å²) < 4.78 is 5.59. The number of benzene rings is 1. The third kappa shape index (κ3) is 3.23. The molecule has 1 aliphatic heterocycles. The molecule has 18 heavy (non-hydrogen) atoms. The van der Waals surface area contributed by atoms with E-state index in [2.05, 4.69) is 17.6 Å². The molecule has 1 aliphatic rings. The largest absolute Gasteiger partial charge is 0.494 e. The van der Waals surface area contributed by atoms with Crippen LogP contribution in [0.15, 0.2) is 24.3 Å². The topological polar surface area (TPSA) is 50.4 Å². The average molecular weight is 248 g/mol. The van der Waals surface area contributed by atoms with E-state index in [-0.39, 0.29) is 11.9 Å². The lowest BCUT2D eigenvalue weighted by Gasteiger charge is -2.23. The van der Waals surface area contributed by atoms with Gasteiger partial charge in [0.15, 0.2) is 0 Å². The van der Waals surface area contributed by atoms with Gasteiger partial charge in [0.2, 0.25) is 5.91 Å². The van der Waals surface area contributed by atoms with Crippen LogP contribution in [-0.4, -0.2) is 25.6 Å². The van der Waals surface area contributed by atoms with E-state index in [0.717, 1.165) is 37.3 Å². The molecule has 2 rings (SSSR count). The highest BCUT2D eigenvalue weighted by Gasteiger charge is 2.22. The van der Waals surface area contributed by atoms with Crippen LogP contribution >= 0.6 is 0 Å². The van der Waals surface area contributed by atoms with Crippen molar-refractivity contribution < 1.29 is 9.53 Å². The van der Waals surface area contributed by atoms with E-state index < -0.39 is 0 Å². The molecule has 1 saturated heterocycles. The Bertz CT molecular complexity index is 389. The highest BCUT2D eigenvalue weighted by Crippen LogP contribution is 2.19. The second-order valence-electron chi connectivity index (χ2n) is 4.45. The zero-order valence-corrected chi connectivity index (χ0v) is 10.7. The van der Waals surface area contributed by atoms with Crippen LogP contribution in [0.5, 0.6) is 5.75 Å². The number of hydrogen-bond donors (Lipinski definition) is 2. The quantitative estimate of drug-likeness (QED) is 0.779. The highest BCUT2D eigenvalue weighted by atomic mass is 16.5. The number of amides is 1. The summed E-state index contributed by atoms with van der Waals surface area (Å²) in [6.07, 6.45) is 2.19. The van der Waals surface area contributed by atoms with Gasteiger partial charge in [0.1, 0.15) is 11.8 Å². The van der Waals surface area contributed by atoms with Crippen LogP contribution < -0.4 is 15.4 Å². The Hall–Kier alpha value is -1.55. The Morgan fingerprint density at radius 1 is 1.28 bits per heavy atom. The van der Waals surface area contributed by atoms with Gasteiger partial charge < -0.3 is 15.4 Å². The zero-order chi connectivity index (χ0) is 12.8. The summed E-state index contributed by atoms with van der Waals surface area (Å²) in [5.74, 6) is 0.907. The van der Waals surface area contributed by atoms with Gasteiger partial charge in [-0.15, -0.1) is 0 Å². The van der Waals surface area contributed by atoms with Gasteiger partial charge in [-0.05, 0) is 24.1 Å². The van der Waals surface area contributed by atoms with Gasteiger partial charge in [-0.2, -0.15) is 0 Å². The van der Waals surface area contributed by atoms with Crippen LogP contribution in [0.4, 0.5) is 0 Å². The molecule has 98 valence electrons. The van der Waals surface area contributed by atoms with Crippen molar-refractivity contribution >= 4 is 5.91 Å². The first-order valence-corrected chi connectivity index (χ1v) is 6.55. The minimum absolute atomic E-state index is 0.0425. The van der Waals surface area contributed by atoms with Crippen LogP contribution in [0.25, 0.3) is 0 Å². The molecule has 1 atom stereocenters. The molecule has 0 saturated carbocycles. The van der Waals surface area contributed by atoms with Crippen LogP contribution in [0.3, 0.4) is 0 Å². The molecule has 1 fully saturated rings. The summed E-state index contributed by atoms with van der Waals surface area (Å²) in [6.45, 7) is 4.40. The molecule has 1 aromatic rings. The molecular formula is C14H20N2O2. The maximum absolute atomic E-state index is 11.7. The van der Waals surface area contributed by atoms with Crippen molar-refractivity contribution in [1.29, 1.82) is 0 Å². The van der Waals surface area contributed by atoms with Gasteiger partial charge in [-0.3, -0.25) is 4.79 Å². The van der Waals surface area contributed by atoms with E-state index in [1.54, 1.807) is 0 Å². The number of carbonyl (C=O) groups is 1. The van der Waals surface area contributed by atoms with Gasteiger partial charge in [0.25, 0.3) is 0 Å². The van der Waals surface area contributed by atoms with Gasteiger partial charge in [-0.1, -0.05) is 25.5 Å². The van der Waals surface area contributed by atoms with Crippen LogP contribution in [0, 0.1) is 0 Å². The van der Waals surface area contributed by atoms with Gasteiger partial charge in [-0.25, -0.2) is 0 Å². The molecule has 2 N–H and O–H groups in total. The molecule has 0 aromatic heterocycles. The molecule has 4 nitrogen and oxygen atoms in total. The van der Waals surface area contributed by atoms with Crippen molar-refractivity contribution in [3.05, 3.63) is 29.8 Å². The first kappa shape index (κ1) is 12.9. The molecule has 1 aromatic carbocycles. The summed E-state index contributed by atoms with van der Waals surface area (Å²) in [6, 6.07) is 7.51. The van der Waals surface area contributed by atoms with E-state index in [4.69, 9.17) is 4.74 Å². The van der Waals surface area contributed by atoms with E-state index in [1.807, 2.05) is 24.3 Å². The Balaban J connectivity index is 1.96. The minimum atomic E-state index is -0.233. The summed E-state index contributed by atoms with van der Waals surface area (Å²) in [5, 5.41) is 6.06. The van der Waals surface area contributed by atoms with Crippen molar-refractivity contribution in [2.75, 3.05) is 19.7 Å². The number of unbranched alkanes of at least 4 members (excludes halogenated alkanes) is 1. The lowest BCUT2D eigenvalue weighted by atomic mass is 10.0. The van der Waals surface area contributed by atoms with Crippen molar-refractivity contribution in [2.24, 2.45) is 0 Å². The summed E-state index contributed by atoms with van der Waals surface area (Å²) in [7, 11) is 0. The van der Waals surface area contributed by atoms with Gasteiger partial charge >= 0.3 is 0 Å². The fourth-order valence-corrected chi connectivity index (χ4v) is 1.96. The number of hydrogen-bond acceptors (Lipinski definition) is 3. The van der Waals surface area contributed by atoms with Crippen molar-refractivity contribution in [1.82, 2.24) is 10.6 Å². The monoisotopic (exact) mass is 248 g/mol. The normalized spacial score (nSPS) is 19.4. The van der Waals surface area contributed by atoms with Crippen LogP contribution in [0.1, 0.15) is 31.4 Å². The Morgan fingerprint density at radius 3 is 2.72 bits per heavy atom. The maximum atomic E-state index is 11.7. The van der Waals surface area contributed by atoms with E-state index in [9.17, 15) is 4.79 Å². The number of piperazine rings is 1. The smallest absolute Gasteiger partial charge is 0.241 e. The lowest BCUT2D eigenvalue weighted by molar-refractivity contribution is -0.124. The molecule has 0 spiro atoms. The molecule has 0 bridgehead atoms. The first-order chi connectivity index (χ1) is 8.81. The third-order valence-corrected chi connectivity index (χ3v) is 3.01. The maximum Gasteiger partial charge on any atom is 0.241 e. The SMILES string of the molecule is CCCCOc1ccc(C2NCCNC2=O)cc1. The Labute approximate surface area is 108 Å². The average Bonchev–Trinajstić information content (AvgIpc) is 2.41. The van der Waals surface area contributed by atoms with E-state index >= 15 is 0 Å².